The van der Waals surface area contributed by atoms with Crippen LogP contribution < -0.4 is 5.32 Å². The number of hydrogen-bond acceptors (Lipinski definition) is 4. The van der Waals surface area contributed by atoms with E-state index in [-0.39, 0.29) is 6.04 Å². The van der Waals surface area contributed by atoms with Gasteiger partial charge in [0.1, 0.15) is 0 Å². The zero-order chi connectivity index (χ0) is 16.2. The van der Waals surface area contributed by atoms with E-state index < -0.39 is 10.2 Å². The van der Waals surface area contributed by atoms with Gasteiger partial charge in [0.15, 0.2) is 0 Å². The molecule has 0 aliphatic carbocycles. The molecule has 1 heterocycles. The second-order valence-electron chi connectivity index (χ2n) is 5.17. The zero-order valence-corrected chi connectivity index (χ0v) is 14.4. The number of halogens is 1. The number of ether oxygens (including phenoxy) is 1. The molecular formula is C14H22ClN3O3S. The molecule has 1 atom stereocenters. The summed E-state index contributed by atoms with van der Waals surface area (Å²) in [4.78, 5) is 0. The van der Waals surface area contributed by atoms with E-state index in [9.17, 15) is 8.42 Å². The molecule has 1 aliphatic heterocycles. The summed E-state index contributed by atoms with van der Waals surface area (Å²) in [5.41, 5.74) is 0.820. The van der Waals surface area contributed by atoms with Crippen LogP contribution in [0.5, 0.6) is 0 Å². The fourth-order valence-corrected chi connectivity index (χ4v) is 4.24. The predicted molar refractivity (Wildman–Crippen MR) is 87.2 cm³/mol. The minimum absolute atomic E-state index is 0.308. The minimum Gasteiger partial charge on any atom is -0.383 e. The Bertz CT molecular complexity index is 597. The van der Waals surface area contributed by atoms with Crippen LogP contribution in [0.2, 0.25) is 5.02 Å². The van der Waals surface area contributed by atoms with E-state index in [0.29, 0.717) is 37.8 Å². The molecule has 0 bridgehead atoms. The number of nitrogens with zero attached hydrogens (tertiary/aromatic N) is 2. The van der Waals surface area contributed by atoms with E-state index in [1.165, 1.54) is 8.61 Å². The average molecular weight is 348 g/mol. The normalized spacial score (nSPS) is 20.5. The van der Waals surface area contributed by atoms with Gasteiger partial charge < -0.3 is 10.1 Å². The quantitative estimate of drug-likeness (QED) is 0.837. The Morgan fingerprint density at radius 2 is 2.18 bits per heavy atom. The smallest absolute Gasteiger partial charge is 0.282 e. The van der Waals surface area contributed by atoms with Crippen LogP contribution in [0.25, 0.3) is 0 Å². The highest BCUT2D eigenvalue weighted by atomic mass is 35.5. The Balaban J connectivity index is 2.28. The van der Waals surface area contributed by atoms with Gasteiger partial charge in [0, 0.05) is 45.4 Å². The monoisotopic (exact) mass is 347 g/mol. The summed E-state index contributed by atoms with van der Waals surface area (Å²) in [7, 11) is -0.437. The summed E-state index contributed by atoms with van der Waals surface area (Å²) in [5, 5.41) is 3.82. The van der Waals surface area contributed by atoms with Crippen molar-refractivity contribution in [3.8, 4) is 0 Å². The van der Waals surface area contributed by atoms with E-state index in [1.807, 2.05) is 18.2 Å². The van der Waals surface area contributed by atoms with Crippen molar-refractivity contribution in [1.82, 2.24) is 13.9 Å². The fourth-order valence-electron chi connectivity index (χ4n) is 2.49. The van der Waals surface area contributed by atoms with E-state index in [1.54, 1.807) is 20.2 Å². The number of benzene rings is 1. The van der Waals surface area contributed by atoms with Crippen molar-refractivity contribution in [2.24, 2.45) is 0 Å². The lowest BCUT2D eigenvalue weighted by Crippen LogP contribution is -2.53. The van der Waals surface area contributed by atoms with Crippen molar-refractivity contribution in [3.05, 3.63) is 34.9 Å². The van der Waals surface area contributed by atoms with Crippen LogP contribution in [-0.4, -0.2) is 64.0 Å². The van der Waals surface area contributed by atoms with Gasteiger partial charge in [-0.05, 0) is 11.6 Å². The molecule has 124 valence electrons. The van der Waals surface area contributed by atoms with Crippen molar-refractivity contribution in [3.63, 3.8) is 0 Å². The van der Waals surface area contributed by atoms with Crippen molar-refractivity contribution in [1.29, 1.82) is 0 Å². The second-order valence-corrected chi connectivity index (χ2v) is 7.57. The average Bonchev–Trinajstić information content (AvgIpc) is 2.53. The molecular weight excluding hydrogens is 326 g/mol. The van der Waals surface area contributed by atoms with E-state index in [0.717, 1.165) is 5.56 Å². The number of likely N-dealkylation sites (N-methyl/N-ethyl adjacent to an activating group) is 1. The largest absolute Gasteiger partial charge is 0.383 e. The van der Waals surface area contributed by atoms with Crippen LogP contribution in [0.1, 0.15) is 11.6 Å². The third-order valence-corrected chi connectivity index (χ3v) is 6.10. The molecule has 0 spiro atoms. The Hall–Kier alpha value is -0.700. The van der Waals surface area contributed by atoms with Crippen LogP contribution >= 0.6 is 11.6 Å². The number of hydrogen-bond donors (Lipinski definition) is 1. The molecule has 1 unspecified atom stereocenters. The van der Waals surface area contributed by atoms with Crippen molar-refractivity contribution >= 4 is 21.8 Å². The van der Waals surface area contributed by atoms with E-state index >= 15 is 0 Å². The van der Waals surface area contributed by atoms with Gasteiger partial charge >= 0.3 is 0 Å². The molecule has 0 radical (unpaired) electrons. The summed E-state index contributed by atoms with van der Waals surface area (Å²) < 4.78 is 33.4. The fraction of sp³-hybridized carbons (Fsp3) is 0.571. The van der Waals surface area contributed by atoms with Crippen LogP contribution in [0, 0.1) is 0 Å². The molecule has 1 aliphatic rings. The van der Waals surface area contributed by atoms with Crippen molar-refractivity contribution in [2.75, 3.05) is 46.9 Å². The lowest BCUT2D eigenvalue weighted by molar-refractivity contribution is 0.178. The number of rotatable bonds is 6. The lowest BCUT2D eigenvalue weighted by Gasteiger charge is -2.37. The van der Waals surface area contributed by atoms with Gasteiger partial charge in [-0.2, -0.15) is 17.0 Å². The maximum absolute atomic E-state index is 12.8. The third-order valence-electron chi connectivity index (χ3n) is 3.76. The van der Waals surface area contributed by atoms with Crippen LogP contribution in [-0.2, 0) is 14.9 Å². The van der Waals surface area contributed by atoms with Crippen LogP contribution in [0.15, 0.2) is 24.3 Å². The highest BCUT2D eigenvalue weighted by Crippen LogP contribution is 2.31. The molecule has 1 aromatic rings. The summed E-state index contributed by atoms with van der Waals surface area (Å²) in [6.45, 7) is 2.26. The van der Waals surface area contributed by atoms with Crippen molar-refractivity contribution in [2.45, 2.75) is 6.04 Å². The van der Waals surface area contributed by atoms with Gasteiger partial charge in [-0.15, -0.1) is 0 Å². The van der Waals surface area contributed by atoms with Gasteiger partial charge in [0.2, 0.25) is 0 Å². The molecule has 8 heteroatoms. The first-order chi connectivity index (χ1) is 10.5. The highest BCUT2D eigenvalue weighted by molar-refractivity contribution is 7.86. The summed E-state index contributed by atoms with van der Waals surface area (Å²) in [5.74, 6) is 0. The van der Waals surface area contributed by atoms with Gasteiger partial charge in [-0.3, -0.25) is 0 Å². The first kappa shape index (κ1) is 17.7. The number of nitrogens with one attached hydrogen (secondary N) is 1. The Labute approximate surface area is 137 Å². The molecule has 0 saturated carbocycles. The van der Waals surface area contributed by atoms with Gasteiger partial charge in [0.05, 0.1) is 12.6 Å². The SMILES string of the molecule is COCCN(C)S(=O)(=O)N1CCNCC1c1ccccc1Cl. The molecule has 2 rings (SSSR count). The Morgan fingerprint density at radius 3 is 2.86 bits per heavy atom. The van der Waals surface area contributed by atoms with Crippen LogP contribution in [0.4, 0.5) is 0 Å². The molecule has 0 amide bonds. The standard InChI is InChI=1S/C14H22ClN3O3S/c1-17(9-10-21-2)22(19,20)18-8-7-16-11-14(18)12-5-3-4-6-13(12)15/h3-6,14,16H,7-11H2,1-2H3. The molecule has 1 aromatic carbocycles. The van der Waals surface area contributed by atoms with Crippen LogP contribution in [0.3, 0.4) is 0 Å². The number of piperazine rings is 1. The summed E-state index contributed by atoms with van der Waals surface area (Å²) >= 11 is 6.25. The van der Waals surface area contributed by atoms with E-state index in [4.69, 9.17) is 16.3 Å². The first-order valence-electron chi connectivity index (χ1n) is 7.15. The lowest BCUT2D eigenvalue weighted by atomic mass is 10.1. The summed E-state index contributed by atoms with van der Waals surface area (Å²) in [6.07, 6.45) is 0. The van der Waals surface area contributed by atoms with Gasteiger partial charge in [-0.25, -0.2) is 0 Å². The Morgan fingerprint density at radius 1 is 1.45 bits per heavy atom. The topological polar surface area (TPSA) is 61.9 Å². The Kier molecular flexibility index (Phi) is 6.19. The number of methoxy groups -OCH3 is 1. The van der Waals surface area contributed by atoms with Gasteiger partial charge in [-0.1, -0.05) is 29.8 Å². The van der Waals surface area contributed by atoms with Gasteiger partial charge in [0.25, 0.3) is 10.2 Å². The maximum Gasteiger partial charge on any atom is 0.282 e. The third kappa shape index (κ3) is 3.79. The molecule has 6 nitrogen and oxygen atoms in total. The molecule has 22 heavy (non-hydrogen) atoms. The molecule has 1 saturated heterocycles. The van der Waals surface area contributed by atoms with Crippen molar-refractivity contribution < 1.29 is 13.2 Å². The first-order valence-corrected chi connectivity index (χ1v) is 8.93. The van der Waals surface area contributed by atoms with E-state index in [2.05, 4.69) is 5.32 Å². The highest BCUT2D eigenvalue weighted by Gasteiger charge is 2.36. The maximum atomic E-state index is 12.8. The zero-order valence-electron chi connectivity index (χ0n) is 12.8. The minimum atomic E-state index is -3.56. The molecule has 1 N–H and O–H groups in total. The summed E-state index contributed by atoms with van der Waals surface area (Å²) in [6, 6.07) is 7.06. The predicted octanol–water partition coefficient (Wildman–Crippen LogP) is 1.11. The molecule has 1 fully saturated rings. The second kappa shape index (κ2) is 7.72. The molecule has 0 aromatic heterocycles.